The van der Waals surface area contributed by atoms with Crippen molar-refractivity contribution in [3.63, 3.8) is 0 Å². The molecule has 1 aromatic rings. The largest absolute Gasteiger partial charge is 0.318 e. The van der Waals surface area contributed by atoms with Crippen LogP contribution in [0.15, 0.2) is 24.5 Å². The summed E-state index contributed by atoms with van der Waals surface area (Å²) < 4.78 is 0. The molecule has 0 radical (unpaired) electrons. The van der Waals surface area contributed by atoms with Crippen molar-refractivity contribution in [3.8, 4) is 0 Å². The fraction of sp³-hybridized carbons (Fsp3) is 0.500. The first-order valence-corrected chi connectivity index (χ1v) is 4.67. The molecular formula is C10H17N3. The van der Waals surface area contributed by atoms with Crippen molar-refractivity contribution >= 4 is 0 Å². The van der Waals surface area contributed by atoms with Gasteiger partial charge in [-0.2, -0.15) is 0 Å². The Morgan fingerprint density at radius 2 is 2.23 bits per heavy atom. The van der Waals surface area contributed by atoms with Crippen LogP contribution in [0.4, 0.5) is 0 Å². The Morgan fingerprint density at radius 3 is 2.92 bits per heavy atom. The van der Waals surface area contributed by atoms with Crippen LogP contribution in [-0.4, -0.2) is 31.7 Å². The van der Waals surface area contributed by atoms with Crippen molar-refractivity contribution in [2.24, 2.45) is 0 Å². The van der Waals surface area contributed by atoms with Crippen LogP contribution in [0.1, 0.15) is 5.56 Å². The lowest BCUT2D eigenvalue weighted by molar-refractivity contribution is 0.648. The minimum absolute atomic E-state index is 1.02. The summed E-state index contributed by atoms with van der Waals surface area (Å²) in [5, 5.41) is 6.44. The number of hydrogen-bond donors (Lipinski definition) is 2. The molecule has 1 aromatic heterocycles. The molecule has 0 amide bonds. The summed E-state index contributed by atoms with van der Waals surface area (Å²) in [6.07, 6.45) is 4.77. The normalized spacial score (nSPS) is 10.2. The Hall–Kier alpha value is -0.930. The predicted molar refractivity (Wildman–Crippen MR) is 54.7 cm³/mol. The summed E-state index contributed by atoms with van der Waals surface area (Å²) >= 11 is 0. The number of nitrogens with zero attached hydrogens (tertiary/aromatic N) is 1. The van der Waals surface area contributed by atoms with Gasteiger partial charge in [-0.1, -0.05) is 6.07 Å². The van der Waals surface area contributed by atoms with Crippen molar-refractivity contribution in [3.05, 3.63) is 30.1 Å². The molecule has 3 heteroatoms. The van der Waals surface area contributed by atoms with Gasteiger partial charge in [0.1, 0.15) is 0 Å². The SMILES string of the molecule is CNCCNCCc1cccnc1. The molecule has 13 heavy (non-hydrogen) atoms. The fourth-order valence-electron chi connectivity index (χ4n) is 1.12. The van der Waals surface area contributed by atoms with Gasteiger partial charge in [-0.05, 0) is 31.6 Å². The van der Waals surface area contributed by atoms with Gasteiger partial charge in [0.2, 0.25) is 0 Å². The van der Waals surface area contributed by atoms with Crippen LogP contribution in [0.5, 0.6) is 0 Å². The van der Waals surface area contributed by atoms with E-state index >= 15 is 0 Å². The molecule has 0 atom stereocenters. The Balaban J connectivity index is 2.07. The first kappa shape index (κ1) is 10.2. The first-order chi connectivity index (χ1) is 6.43. The highest BCUT2D eigenvalue weighted by molar-refractivity contribution is 5.08. The Morgan fingerprint density at radius 1 is 1.31 bits per heavy atom. The van der Waals surface area contributed by atoms with E-state index in [9.17, 15) is 0 Å². The molecule has 1 rings (SSSR count). The van der Waals surface area contributed by atoms with Crippen molar-refractivity contribution in [2.45, 2.75) is 6.42 Å². The zero-order valence-electron chi connectivity index (χ0n) is 8.09. The molecule has 0 saturated heterocycles. The second kappa shape index (κ2) is 6.57. The third kappa shape index (κ3) is 4.60. The van der Waals surface area contributed by atoms with E-state index in [0.29, 0.717) is 0 Å². The fourth-order valence-corrected chi connectivity index (χ4v) is 1.12. The van der Waals surface area contributed by atoms with Crippen LogP contribution in [0.25, 0.3) is 0 Å². The minimum atomic E-state index is 1.02. The molecular weight excluding hydrogens is 162 g/mol. The van der Waals surface area contributed by atoms with E-state index in [2.05, 4.69) is 21.7 Å². The third-order valence-electron chi connectivity index (χ3n) is 1.87. The van der Waals surface area contributed by atoms with Gasteiger partial charge in [-0.3, -0.25) is 4.98 Å². The number of aromatic nitrogens is 1. The molecule has 0 aliphatic carbocycles. The average Bonchev–Trinajstić information content (AvgIpc) is 2.19. The van der Waals surface area contributed by atoms with Gasteiger partial charge in [0.05, 0.1) is 0 Å². The third-order valence-corrected chi connectivity index (χ3v) is 1.87. The zero-order valence-corrected chi connectivity index (χ0v) is 8.09. The highest BCUT2D eigenvalue weighted by Crippen LogP contribution is 1.94. The average molecular weight is 179 g/mol. The topological polar surface area (TPSA) is 37.0 Å². The summed E-state index contributed by atoms with van der Waals surface area (Å²) in [4.78, 5) is 4.06. The highest BCUT2D eigenvalue weighted by Gasteiger charge is 1.90. The number of hydrogen-bond acceptors (Lipinski definition) is 3. The van der Waals surface area contributed by atoms with Gasteiger partial charge in [0, 0.05) is 25.5 Å². The molecule has 72 valence electrons. The summed E-state index contributed by atoms with van der Waals surface area (Å²) in [5.74, 6) is 0. The quantitative estimate of drug-likeness (QED) is 0.622. The maximum absolute atomic E-state index is 4.06. The molecule has 0 saturated carbocycles. The van der Waals surface area contributed by atoms with Crippen molar-refractivity contribution < 1.29 is 0 Å². The van der Waals surface area contributed by atoms with Gasteiger partial charge in [-0.25, -0.2) is 0 Å². The van der Waals surface area contributed by atoms with Crippen LogP contribution < -0.4 is 10.6 Å². The molecule has 3 nitrogen and oxygen atoms in total. The van der Waals surface area contributed by atoms with Gasteiger partial charge in [0.15, 0.2) is 0 Å². The van der Waals surface area contributed by atoms with E-state index in [4.69, 9.17) is 0 Å². The van der Waals surface area contributed by atoms with Crippen molar-refractivity contribution in [1.82, 2.24) is 15.6 Å². The molecule has 0 unspecified atom stereocenters. The molecule has 1 heterocycles. The minimum Gasteiger partial charge on any atom is -0.318 e. The zero-order chi connectivity index (χ0) is 9.36. The number of likely N-dealkylation sites (N-methyl/N-ethyl adjacent to an activating group) is 1. The molecule has 0 aromatic carbocycles. The number of pyridine rings is 1. The standard InChI is InChI=1S/C10H17N3/c1-11-7-8-12-6-4-10-3-2-5-13-9-10/h2-3,5,9,11-12H,4,6-8H2,1H3. The van der Waals surface area contributed by atoms with E-state index in [1.807, 2.05) is 19.3 Å². The van der Waals surface area contributed by atoms with E-state index in [-0.39, 0.29) is 0 Å². The molecule has 0 fully saturated rings. The monoisotopic (exact) mass is 179 g/mol. The van der Waals surface area contributed by atoms with Gasteiger partial charge in [-0.15, -0.1) is 0 Å². The smallest absolute Gasteiger partial charge is 0.0300 e. The Kier molecular flexibility index (Phi) is 5.13. The Labute approximate surface area is 79.6 Å². The van der Waals surface area contributed by atoms with Crippen LogP contribution in [0.2, 0.25) is 0 Å². The van der Waals surface area contributed by atoms with Crippen molar-refractivity contribution in [1.29, 1.82) is 0 Å². The maximum Gasteiger partial charge on any atom is 0.0300 e. The second-order valence-electron chi connectivity index (χ2n) is 2.96. The molecule has 0 aliphatic rings. The van der Waals surface area contributed by atoms with Crippen molar-refractivity contribution in [2.75, 3.05) is 26.7 Å². The van der Waals surface area contributed by atoms with Crippen LogP contribution in [0, 0.1) is 0 Å². The summed E-state index contributed by atoms with van der Waals surface area (Å²) in [6.45, 7) is 3.07. The summed E-state index contributed by atoms with van der Waals surface area (Å²) in [6, 6.07) is 4.08. The number of rotatable bonds is 6. The Bertz CT molecular complexity index is 211. The summed E-state index contributed by atoms with van der Waals surface area (Å²) in [7, 11) is 1.96. The summed E-state index contributed by atoms with van der Waals surface area (Å²) in [5.41, 5.74) is 1.29. The van der Waals surface area contributed by atoms with E-state index in [1.165, 1.54) is 5.56 Å². The maximum atomic E-state index is 4.06. The molecule has 0 aliphatic heterocycles. The lowest BCUT2D eigenvalue weighted by atomic mass is 10.2. The van der Waals surface area contributed by atoms with Gasteiger partial charge >= 0.3 is 0 Å². The predicted octanol–water partition coefficient (Wildman–Crippen LogP) is 0.433. The second-order valence-corrected chi connectivity index (χ2v) is 2.96. The van der Waals surface area contributed by atoms with E-state index < -0.39 is 0 Å². The van der Waals surface area contributed by atoms with E-state index in [0.717, 1.165) is 26.1 Å². The van der Waals surface area contributed by atoms with Crippen LogP contribution >= 0.6 is 0 Å². The van der Waals surface area contributed by atoms with Gasteiger partial charge in [0.25, 0.3) is 0 Å². The van der Waals surface area contributed by atoms with Crippen LogP contribution in [-0.2, 0) is 6.42 Å². The molecule has 0 spiro atoms. The van der Waals surface area contributed by atoms with E-state index in [1.54, 1.807) is 6.20 Å². The molecule has 0 bridgehead atoms. The lowest BCUT2D eigenvalue weighted by Crippen LogP contribution is -2.26. The van der Waals surface area contributed by atoms with Gasteiger partial charge < -0.3 is 10.6 Å². The first-order valence-electron chi connectivity index (χ1n) is 4.67. The highest BCUT2D eigenvalue weighted by atomic mass is 14.9. The lowest BCUT2D eigenvalue weighted by Gasteiger charge is -2.03. The molecule has 2 N–H and O–H groups in total. The number of nitrogens with one attached hydrogen (secondary N) is 2. The van der Waals surface area contributed by atoms with Crippen LogP contribution in [0.3, 0.4) is 0 Å².